The van der Waals surface area contributed by atoms with Crippen molar-refractivity contribution in [2.75, 3.05) is 31.6 Å². The Morgan fingerprint density at radius 2 is 1.92 bits per heavy atom. The van der Waals surface area contributed by atoms with Crippen LogP contribution >= 0.6 is 23.2 Å². The molecule has 1 aliphatic rings. The smallest absolute Gasteiger partial charge is 0.411 e. The lowest BCUT2D eigenvalue weighted by Gasteiger charge is -2.25. The summed E-state index contributed by atoms with van der Waals surface area (Å²) in [5.41, 5.74) is 2.27. The highest BCUT2D eigenvalue weighted by Crippen LogP contribution is 2.35. The number of carboxylic acid groups (broad SMARTS) is 1. The first-order valence-corrected chi connectivity index (χ1v) is 8.94. The van der Waals surface area contributed by atoms with E-state index in [4.69, 9.17) is 23.2 Å². The summed E-state index contributed by atoms with van der Waals surface area (Å²) in [6.07, 6.45) is 0.0564. The third kappa shape index (κ3) is 4.27. The van der Waals surface area contributed by atoms with Crippen LogP contribution in [-0.4, -0.2) is 42.8 Å². The summed E-state index contributed by atoms with van der Waals surface area (Å²) < 4.78 is 0. The van der Waals surface area contributed by atoms with Gasteiger partial charge in [0.25, 0.3) is 0 Å². The molecule has 0 radical (unpaired) electrons. The van der Waals surface area contributed by atoms with Gasteiger partial charge in [-0.05, 0) is 55.8 Å². The number of rotatable bonds is 4. The van der Waals surface area contributed by atoms with Crippen LogP contribution in [0.2, 0.25) is 10.0 Å². The fourth-order valence-corrected chi connectivity index (χ4v) is 3.90. The lowest BCUT2D eigenvalue weighted by molar-refractivity contribution is 0.200. The van der Waals surface area contributed by atoms with Gasteiger partial charge in [-0.1, -0.05) is 41.4 Å². The van der Waals surface area contributed by atoms with Crippen LogP contribution in [0.5, 0.6) is 0 Å². The van der Waals surface area contributed by atoms with Gasteiger partial charge in [0, 0.05) is 28.7 Å². The van der Waals surface area contributed by atoms with Gasteiger partial charge in [-0.3, -0.25) is 4.90 Å². The average molecular weight is 379 g/mol. The number of nitrogens with zero attached hydrogens (tertiary/aromatic N) is 2. The molecule has 1 N–H and O–H groups in total. The number of carbonyl (C=O) groups is 1. The maximum atomic E-state index is 11.9. The van der Waals surface area contributed by atoms with E-state index in [1.54, 1.807) is 18.2 Å². The lowest BCUT2D eigenvalue weighted by Crippen LogP contribution is -2.35. The highest BCUT2D eigenvalue weighted by Gasteiger charge is 2.26. The second kappa shape index (κ2) is 7.65. The fourth-order valence-electron chi connectivity index (χ4n) is 3.38. The second-order valence-corrected chi connectivity index (χ2v) is 7.36. The summed E-state index contributed by atoms with van der Waals surface area (Å²) in [5, 5.41) is 10.8. The zero-order chi connectivity index (χ0) is 18.0. The molecule has 1 unspecified atom stereocenters. The van der Waals surface area contributed by atoms with Crippen molar-refractivity contribution in [3.63, 3.8) is 0 Å². The predicted octanol–water partition coefficient (Wildman–Crippen LogP) is 5.10. The van der Waals surface area contributed by atoms with E-state index in [9.17, 15) is 9.90 Å². The number of para-hydroxylation sites is 1. The first kappa shape index (κ1) is 18.1. The van der Waals surface area contributed by atoms with Gasteiger partial charge in [-0.15, -0.1) is 0 Å². The highest BCUT2D eigenvalue weighted by atomic mass is 35.5. The van der Waals surface area contributed by atoms with Crippen molar-refractivity contribution in [2.24, 2.45) is 5.92 Å². The zero-order valence-corrected chi connectivity index (χ0v) is 15.5. The van der Waals surface area contributed by atoms with E-state index in [0.717, 1.165) is 30.6 Å². The molecule has 0 saturated carbocycles. The summed E-state index contributed by atoms with van der Waals surface area (Å²) in [4.78, 5) is 15.6. The van der Waals surface area contributed by atoms with Gasteiger partial charge >= 0.3 is 6.09 Å². The maximum Gasteiger partial charge on any atom is 0.411 e. The second-order valence-electron chi connectivity index (χ2n) is 6.49. The Balaban J connectivity index is 1.98. The van der Waals surface area contributed by atoms with E-state index >= 15 is 0 Å². The van der Waals surface area contributed by atoms with Gasteiger partial charge in [0.2, 0.25) is 0 Å². The van der Waals surface area contributed by atoms with Crippen molar-refractivity contribution in [2.45, 2.75) is 6.42 Å². The normalized spacial score (nSPS) is 17.6. The molecule has 6 heteroatoms. The predicted molar refractivity (Wildman–Crippen MR) is 103 cm³/mol. The van der Waals surface area contributed by atoms with Gasteiger partial charge in [0.1, 0.15) is 0 Å². The van der Waals surface area contributed by atoms with E-state index in [1.165, 1.54) is 4.90 Å². The molecule has 0 bridgehead atoms. The van der Waals surface area contributed by atoms with Crippen LogP contribution in [0.1, 0.15) is 6.42 Å². The lowest BCUT2D eigenvalue weighted by atomic mass is 10.0. The quantitative estimate of drug-likeness (QED) is 0.804. The van der Waals surface area contributed by atoms with Crippen molar-refractivity contribution in [3.05, 3.63) is 52.5 Å². The molecule has 1 amide bonds. The van der Waals surface area contributed by atoms with Crippen LogP contribution in [-0.2, 0) is 0 Å². The van der Waals surface area contributed by atoms with Crippen molar-refractivity contribution < 1.29 is 9.90 Å². The number of halogens is 2. The maximum absolute atomic E-state index is 11.9. The van der Waals surface area contributed by atoms with E-state index < -0.39 is 6.09 Å². The van der Waals surface area contributed by atoms with Gasteiger partial charge in [0.05, 0.1) is 5.69 Å². The molecule has 1 aliphatic heterocycles. The molecule has 4 nitrogen and oxygen atoms in total. The largest absolute Gasteiger partial charge is 0.465 e. The van der Waals surface area contributed by atoms with E-state index in [-0.39, 0.29) is 0 Å². The van der Waals surface area contributed by atoms with Crippen LogP contribution < -0.4 is 4.90 Å². The molecule has 2 aromatic carbocycles. The Kier molecular flexibility index (Phi) is 5.52. The number of benzene rings is 2. The van der Waals surface area contributed by atoms with Gasteiger partial charge in [-0.25, -0.2) is 4.79 Å². The monoisotopic (exact) mass is 378 g/mol. The summed E-state index contributed by atoms with van der Waals surface area (Å²) in [7, 11) is 2.06. The molecule has 1 atom stereocenters. The molecule has 0 aromatic heterocycles. The van der Waals surface area contributed by atoms with E-state index in [2.05, 4.69) is 11.9 Å². The molecule has 3 rings (SSSR count). The number of anilines is 1. The third-order valence-electron chi connectivity index (χ3n) is 4.53. The minimum atomic E-state index is -0.949. The Hall–Kier alpha value is -1.75. The number of hydrogen-bond acceptors (Lipinski definition) is 2. The summed E-state index contributed by atoms with van der Waals surface area (Å²) in [6.45, 7) is 2.39. The number of hydrogen-bond donors (Lipinski definition) is 1. The van der Waals surface area contributed by atoms with Crippen LogP contribution in [0.3, 0.4) is 0 Å². The summed E-state index contributed by atoms with van der Waals surface area (Å²) >= 11 is 12.3. The molecule has 2 aromatic rings. The highest BCUT2D eigenvalue weighted by molar-refractivity contribution is 6.35. The molecule has 25 heavy (non-hydrogen) atoms. The average Bonchev–Trinajstić information content (AvgIpc) is 2.97. The molecule has 1 fully saturated rings. The Morgan fingerprint density at radius 3 is 2.52 bits per heavy atom. The minimum Gasteiger partial charge on any atom is -0.465 e. The molecule has 0 spiro atoms. The Bertz CT molecular complexity index is 762. The summed E-state index contributed by atoms with van der Waals surface area (Å²) in [5.74, 6) is 0.331. The molecule has 1 saturated heterocycles. The van der Waals surface area contributed by atoms with Crippen LogP contribution in [0.4, 0.5) is 10.5 Å². The molecular formula is C19H20Cl2N2O2. The van der Waals surface area contributed by atoms with Gasteiger partial charge < -0.3 is 10.0 Å². The van der Waals surface area contributed by atoms with Crippen LogP contribution in [0.25, 0.3) is 11.1 Å². The molecule has 0 aliphatic carbocycles. The standard InChI is InChI=1S/C19H20Cl2N2O2/c1-22-7-6-13(11-22)12-23(19(24)25)18-5-3-2-4-17(18)14-8-15(20)10-16(21)9-14/h2-5,8-10,13H,6-7,11-12H2,1H3,(H,24,25). The van der Waals surface area contributed by atoms with Crippen molar-refractivity contribution >= 4 is 35.0 Å². The van der Waals surface area contributed by atoms with E-state index in [0.29, 0.717) is 28.2 Å². The van der Waals surface area contributed by atoms with Crippen LogP contribution in [0, 0.1) is 5.92 Å². The SMILES string of the molecule is CN1CCC(CN(C(=O)O)c2ccccc2-c2cc(Cl)cc(Cl)c2)C1. The fraction of sp³-hybridized carbons (Fsp3) is 0.316. The van der Waals surface area contributed by atoms with Gasteiger partial charge in [-0.2, -0.15) is 0 Å². The number of amides is 1. The first-order valence-electron chi connectivity index (χ1n) is 8.18. The summed E-state index contributed by atoms with van der Waals surface area (Å²) in [6, 6.07) is 12.7. The Labute approximate surface area is 157 Å². The number of likely N-dealkylation sites (tertiary alicyclic amines) is 1. The van der Waals surface area contributed by atoms with Gasteiger partial charge in [0.15, 0.2) is 0 Å². The molecule has 1 heterocycles. The van der Waals surface area contributed by atoms with Crippen molar-refractivity contribution in [1.29, 1.82) is 0 Å². The zero-order valence-electron chi connectivity index (χ0n) is 14.0. The topological polar surface area (TPSA) is 43.8 Å². The van der Waals surface area contributed by atoms with Crippen molar-refractivity contribution in [3.8, 4) is 11.1 Å². The first-order chi connectivity index (χ1) is 11.9. The minimum absolute atomic E-state index is 0.331. The molecule has 132 valence electrons. The van der Waals surface area contributed by atoms with E-state index in [1.807, 2.05) is 24.3 Å². The van der Waals surface area contributed by atoms with Crippen LogP contribution in [0.15, 0.2) is 42.5 Å². The van der Waals surface area contributed by atoms with Crippen molar-refractivity contribution in [1.82, 2.24) is 4.90 Å². The third-order valence-corrected chi connectivity index (χ3v) is 4.97. The Morgan fingerprint density at radius 1 is 1.24 bits per heavy atom. The molecular weight excluding hydrogens is 359 g/mol.